The van der Waals surface area contributed by atoms with Crippen LogP contribution in [0.25, 0.3) is 22.4 Å². The molecule has 0 radical (unpaired) electrons. The van der Waals surface area contributed by atoms with Gasteiger partial charge in [-0.25, -0.2) is 4.98 Å². The first-order valence-electron chi connectivity index (χ1n) is 8.90. The molecule has 0 saturated heterocycles. The lowest BCUT2D eigenvalue weighted by atomic mass is 10.1. The Kier molecular flexibility index (Phi) is 5.25. The molecule has 7 nitrogen and oxygen atoms in total. The fraction of sp³-hybridized carbons (Fsp3) is 0.200. The minimum atomic E-state index is -0.195. The van der Waals surface area contributed by atoms with Crippen LogP contribution in [0.1, 0.15) is 16.8 Å². The fourth-order valence-corrected chi connectivity index (χ4v) is 3.69. The van der Waals surface area contributed by atoms with Crippen molar-refractivity contribution in [2.45, 2.75) is 19.6 Å². The van der Waals surface area contributed by atoms with Crippen LogP contribution in [-0.2, 0) is 19.6 Å². The molecule has 0 unspecified atom stereocenters. The van der Waals surface area contributed by atoms with Gasteiger partial charge < -0.3 is 10.7 Å². The molecule has 4 rings (SSSR count). The maximum Gasteiger partial charge on any atom is 0.251 e. The second kappa shape index (κ2) is 7.97. The van der Waals surface area contributed by atoms with E-state index in [9.17, 15) is 4.79 Å². The smallest absolute Gasteiger partial charge is 0.251 e. The molecule has 28 heavy (non-hydrogen) atoms. The van der Waals surface area contributed by atoms with Gasteiger partial charge in [-0.05, 0) is 36.4 Å². The van der Waals surface area contributed by atoms with Gasteiger partial charge in [-0.15, -0.1) is 0 Å². The molecule has 0 atom stereocenters. The summed E-state index contributed by atoms with van der Waals surface area (Å²) in [6.07, 6.45) is 0. The number of aromatic amines is 1. The van der Waals surface area contributed by atoms with E-state index in [4.69, 9.17) is 5.73 Å². The molecule has 0 aliphatic rings. The highest BCUT2D eigenvalue weighted by Gasteiger charge is 2.08. The maximum absolute atomic E-state index is 11.8. The van der Waals surface area contributed by atoms with Gasteiger partial charge in [-0.3, -0.25) is 9.69 Å². The van der Waals surface area contributed by atoms with Crippen molar-refractivity contribution < 1.29 is 0 Å². The molecule has 0 aliphatic heterocycles. The number of H-pyrrole nitrogens is 1. The van der Waals surface area contributed by atoms with Gasteiger partial charge >= 0.3 is 0 Å². The summed E-state index contributed by atoms with van der Waals surface area (Å²) in [7, 11) is 2.07. The Balaban J connectivity index is 1.51. The van der Waals surface area contributed by atoms with Crippen LogP contribution >= 0.6 is 11.7 Å². The van der Waals surface area contributed by atoms with Crippen LogP contribution < -0.4 is 11.3 Å². The topological polar surface area (TPSA) is 101 Å². The number of fused-ring (bicyclic) bond motifs is 1. The zero-order chi connectivity index (χ0) is 19.5. The van der Waals surface area contributed by atoms with Gasteiger partial charge in [0.05, 0.1) is 17.4 Å². The van der Waals surface area contributed by atoms with Gasteiger partial charge in [0.1, 0.15) is 16.9 Å². The van der Waals surface area contributed by atoms with E-state index in [2.05, 4.69) is 48.9 Å². The predicted octanol–water partition coefficient (Wildman–Crippen LogP) is 2.53. The maximum atomic E-state index is 11.8. The van der Waals surface area contributed by atoms with Crippen LogP contribution in [0.15, 0.2) is 53.3 Å². The Morgan fingerprint density at radius 2 is 1.82 bits per heavy atom. The Hall–Kier alpha value is -2.94. The molecule has 4 aromatic rings. The van der Waals surface area contributed by atoms with Crippen LogP contribution in [-0.4, -0.2) is 30.7 Å². The van der Waals surface area contributed by atoms with Crippen LogP contribution in [0.2, 0.25) is 0 Å². The van der Waals surface area contributed by atoms with Crippen LogP contribution in [0.3, 0.4) is 0 Å². The summed E-state index contributed by atoms with van der Waals surface area (Å²) < 4.78 is 8.55. The third-order valence-corrected chi connectivity index (χ3v) is 4.98. The van der Waals surface area contributed by atoms with E-state index in [1.807, 2.05) is 24.3 Å². The summed E-state index contributed by atoms with van der Waals surface area (Å²) in [4.78, 5) is 21.3. The number of nitrogens with zero attached hydrogens (tertiary/aromatic N) is 4. The molecule has 3 N–H and O–H groups in total. The van der Waals surface area contributed by atoms with Crippen molar-refractivity contribution in [1.29, 1.82) is 0 Å². The zero-order valence-electron chi connectivity index (χ0n) is 15.4. The molecule has 0 saturated carbocycles. The standard InChI is InChI=1S/C20H20N6OS/c1-26(12-14-5-6-17-18(8-14)25-28-24-17)11-13-3-2-4-15(7-13)20-22-16(10-21)9-19(27)23-20/h2-9H,10-12,21H2,1H3,(H,22,23,27). The van der Waals surface area contributed by atoms with Crippen molar-refractivity contribution in [3.8, 4) is 11.4 Å². The van der Waals surface area contributed by atoms with Crippen molar-refractivity contribution in [2.75, 3.05) is 7.05 Å². The van der Waals surface area contributed by atoms with Gasteiger partial charge in [0.15, 0.2) is 0 Å². The normalized spacial score (nSPS) is 11.4. The van der Waals surface area contributed by atoms with E-state index in [-0.39, 0.29) is 12.1 Å². The van der Waals surface area contributed by atoms with Crippen LogP contribution in [0.4, 0.5) is 0 Å². The zero-order valence-corrected chi connectivity index (χ0v) is 16.2. The number of rotatable bonds is 6. The first kappa shape index (κ1) is 18.4. The number of hydrogen-bond donors (Lipinski definition) is 2. The predicted molar refractivity (Wildman–Crippen MR) is 111 cm³/mol. The van der Waals surface area contributed by atoms with E-state index >= 15 is 0 Å². The molecule has 0 amide bonds. The second-order valence-electron chi connectivity index (χ2n) is 6.75. The molecular weight excluding hydrogens is 372 g/mol. The van der Waals surface area contributed by atoms with E-state index in [0.717, 1.165) is 35.2 Å². The number of hydrogen-bond acceptors (Lipinski definition) is 7. The van der Waals surface area contributed by atoms with Gasteiger partial charge in [-0.1, -0.05) is 24.3 Å². The lowest BCUT2D eigenvalue weighted by Gasteiger charge is -2.17. The van der Waals surface area contributed by atoms with E-state index < -0.39 is 0 Å². The number of benzene rings is 2. The summed E-state index contributed by atoms with van der Waals surface area (Å²) in [5.41, 5.74) is 11.1. The largest absolute Gasteiger partial charge is 0.325 e. The molecule has 0 fully saturated rings. The molecule has 2 aromatic carbocycles. The Labute approximate surface area is 166 Å². The lowest BCUT2D eigenvalue weighted by Crippen LogP contribution is -2.17. The highest BCUT2D eigenvalue weighted by molar-refractivity contribution is 7.00. The quantitative estimate of drug-likeness (QED) is 0.523. The van der Waals surface area contributed by atoms with Crippen molar-refractivity contribution >= 4 is 22.8 Å². The molecule has 2 heterocycles. The van der Waals surface area contributed by atoms with Crippen molar-refractivity contribution in [2.24, 2.45) is 5.73 Å². The van der Waals surface area contributed by atoms with E-state index in [1.165, 1.54) is 23.4 Å². The molecular formula is C20H20N6OS. The van der Waals surface area contributed by atoms with Gasteiger partial charge in [0.2, 0.25) is 0 Å². The Morgan fingerprint density at radius 1 is 1.04 bits per heavy atom. The van der Waals surface area contributed by atoms with Gasteiger partial charge in [0, 0.05) is 31.3 Å². The summed E-state index contributed by atoms with van der Waals surface area (Å²) in [6.45, 7) is 1.80. The Bertz CT molecular complexity index is 1170. The molecule has 2 aromatic heterocycles. The van der Waals surface area contributed by atoms with Gasteiger partial charge in [0.25, 0.3) is 5.56 Å². The highest BCUT2D eigenvalue weighted by atomic mass is 32.1. The van der Waals surface area contributed by atoms with Crippen molar-refractivity contribution in [3.63, 3.8) is 0 Å². The summed E-state index contributed by atoms with van der Waals surface area (Å²) in [5, 5.41) is 0. The highest BCUT2D eigenvalue weighted by Crippen LogP contribution is 2.18. The third kappa shape index (κ3) is 4.14. The molecule has 0 spiro atoms. The van der Waals surface area contributed by atoms with Crippen LogP contribution in [0, 0.1) is 0 Å². The molecule has 142 valence electrons. The minimum absolute atomic E-state index is 0.195. The van der Waals surface area contributed by atoms with Crippen molar-refractivity contribution in [1.82, 2.24) is 23.6 Å². The average Bonchev–Trinajstić information content (AvgIpc) is 3.15. The van der Waals surface area contributed by atoms with Crippen molar-refractivity contribution in [3.05, 3.63) is 75.7 Å². The fourth-order valence-electron chi connectivity index (χ4n) is 3.17. The van der Waals surface area contributed by atoms with E-state index in [1.54, 1.807) is 0 Å². The lowest BCUT2D eigenvalue weighted by molar-refractivity contribution is 0.319. The van der Waals surface area contributed by atoms with Gasteiger partial charge in [-0.2, -0.15) is 8.75 Å². The number of aromatic nitrogens is 4. The second-order valence-corrected chi connectivity index (χ2v) is 7.28. The molecule has 8 heteroatoms. The number of nitrogens with one attached hydrogen (secondary N) is 1. The average molecular weight is 392 g/mol. The van der Waals surface area contributed by atoms with Crippen LogP contribution in [0.5, 0.6) is 0 Å². The Morgan fingerprint density at radius 3 is 2.64 bits per heavy atom. The SMILES string of the molecule is CN(Cc1cccc(-c2nc(CN)cc(=O)[nH]2)c1)Cc1ccc2nsnc2c1. The minimum Gasteiger partial charge on any atom is -0.325 e. The summed E-state index contributed by atoms with van der Waals surface area (Å²) in [5.74, 6) is 0.541. The first-order valence-corrected chi connectivity index (χ1v) is 9.63. The summed E-state index contributed by atoms with van der Waals surface area (Å²) >= 11 is 1.23. The van der Waals surface area contributed by atoms with E-state index in [0.29, 0.717) is 11.5 Å². The first-order chi connectivity index (χ1) is 13.6. The summed E-state index contributed by atoms with van der Waals surface area (Å²) in [6, 6.07) is 15.6. The third-order valence-electron chi connectivity index (χ3n) is 4.43. The molecule has 0 bridgehead atoms. The number of nitrogens with two attached hydrogens (primary N) is 1. The molecule has 0 aliphatic carbocycles. The monoisotopic (exact) mass is 392 g/mol.